The molecule has 0 amide bonds. The van der Waals surface area contributed by atoms with Gasteiger partial charge in [0.05, 0.1) is 11.1 Å². The molecule has 7 nitrogen and oxygen atoms in total. The van der Waals surface area contributed by atoms with E-state index in [4.69, 9.17) is 0 Å². The van der Waals surface area contributed by atoms with E-state index in [0.717, 1.165) is 12.4 Å². The van der Waals surface area contributed by atoms with E-state index in [9.17, 15) is 14.5 Å². The number of hydrogen-bond acceptors (Lipinski definition) is 5. The maximum atomic E-state index is 13.2. The van der Waals surface area contributed by atoms with Crippen LogP contribution < -0.4 is 0 Å². The molecule has 0 fully saturated rings. The van der Waals surface area contributed by atoms with Gasteiger partial charge in [-0.25, -0.2) is 19.3 Å². The molecule has 0 spiro atoms. The first-order valence-electron chi connectivity index (χ1n) is 5.24. The number of rotatable bonds is 2. The zero-order chi connectivity index (χ0) is 13.4. The standard InChI is InChI=1S/C11H6FN5O2/c12-7-1-2-10-13-5-9(16(10)6-7)11-14-3-8(4-15-11)17(18)19/h1-6H. The van der Waals surface area contributed by atoms with E-state index in [1.807, 2.05) is 0 Å². The van der Waals surface area contributed by atoms with Gasteiger partial charge in [-0.3, -0.25) is 14.5 Å². The van der Waals surface area contributed by atoms with Crippen LogP contribution in [0.25, 0.3) is 17.2 Å². The topological polar surface area (TPSA) is 86.2 Å². The molecule has 3 aromatic rings. The number of aromatic nitrogens is 4. The van der Waals surface area contributed by atoms with E-state index in [-0.39, 0.29) is 11.5 Å². The molecule has 0 N–H and O–H groups in total. The first-order valence-corrected chi connectivity index (χ1v) is 5.24. The number of nitrogens with zero attached hydrogens (tertiary/aromatic N) is 5. The number of halogens is 1. The molecular weight excluding hydrogens is 253 g/mol. The first-order chi connectivity index (χ1) is 9.15. The summed E-state index contributed by atoms with van der Waals surface area (Å²) in [7, 11) is 0. The Bertz CT molecular complexity index is 768. The first kappa shape index (κ1) is 11.2. The van der Waals surface area contributed by atoms with Gasteiger partial charge in [-0.1, -0.05) is 0 Å². The molecule has 0 unspecified atom stereocenters. The van der Waals surface area contributed by atoms with Gasteiger partial charge in [-0.15, -0.1) is 0 Å². The fraction of sp³-hybridized carbons (Fsp3) is 0. The van der Waals surface area contributed by atoms with E-state index >= 15 is 0 Å². The van der Waals surface area contributed by atoms with Gasteiger partial charge in [0.2, 0.25) is 0 Å². The number of fused-ring (bicyclic) bond motifs is 1. The third-order valence-corrected chi connectivity index (χ3v) is 2.55. The van der Waals surface area contributed by atoms with Crippen LogP contribution in [0, 0.1) is 15.9 Å². The number of imidazole rings is 1. The van der Waals surface area contributed by atoms with E-state index in [1.54, 1.807) is 0 Å². The van der Waals surface area contributed by atoms with Crippen LogP contribution in [0.2, 0.25) is 0 Å². The lowest BCUT2D eigenvalue weighted by molar-refractivity contribution is -0.385. The van der Waals surface area contributed by atoms with Crippen molar-refractivity contribution < 1.29 is 9.31 Å². The molecule has 8 heteroatoms. The molecule has 3 heterocycles. The molecule has 3 rings (SSSR count). The van der Waals surface area contributed by atoms with Crippen LogP contribution in [-0.2, 0) is 0 Å². The summed E-state index contributed by atoms with van der Waals surface area (Å²) < 4.78 is 14.7. The highest BCUT2D eigenvalue weighted by atomic mass is 19.1. The lowest BCUT2D eigenvalue weighted by atomic mass is 10.4. The minimum atomic E-state index is -0.585. The zero-order valence-electron chi connectivity index (χ0n) is 9.39. The second kappa shape index (κ2) is 4.09. The van der Waals surface area contributed by atoms with Crippen LogP contribution in [0.1, 0.15) is 0 Å². The molecule has 0 saturated heterocycles. The van der Waals surface area contributed by atoms with Gasteiger partial charge >= 0.3 is 5.69 Å². The fourth-order valence-electron chi connectivity index (χ4n) is 1.67. The third-order valence-electron chi connectivity index (χ3n) is 2.55. The normalized spacial score (nSPS) is 10.8. The monoisotopic (exact) mass is 259 g/mol. The van der Waals surface area contributed by atoms with Gasteiger partial charge in [0, 0.05) is 6.20 Å². The van der Waals surface area contributed by atoms with Crippen LogP contribution in [0.5, 0.6) is 0 Å². The summed E-state index contributed by atoms with van der Waals surface area (Å²) in [6.45, 7) is 0. The van der Waals surface area contributed by atoms with Gasteiger partial charge in [0.25, 0.3) is 0 Å². The number of pyridine rings is 1. The second-order valence-electron chi connectivity index (χ2n) is 3.74. The van der Waals surface area contributed by atoms with Crippen molar-refractivity contribution in [3.05, 3.63) is 52.9 Å². The summed E-state index contributed by atoms with van der Waals surface area (Å²) in [6.07, 6.45) is 4.93. The maximum Gasteiger partial charge on any atom is 0.305 e. The Morgan fingerprint density at radius 1 is 1.16 bits per heavy atom. The van der Waals surface area contributed by atoms with Crippen molar-refractivity contribution in [1.82, 2.24) is 19.4 Å². The predicted molar refractivity (Wildman–Crippen MR) is 62.8 cm³/mol. The third kappa shape index (κ3) is 1.88. The van der Waals surface area contributed by atoms with Gasteiger partial charge in [-0.05, 0) is 12.1 Å². The van der Waals surface area contributed by atoms with Crippen LogP contribution >= 0.6 is 0 Å². The van der Waals surface area contributed by atoms with Crippen LogP contribution in [0.4, 0.5) is 10.1 Å². The van der Waals surface area contributed by atoms with Gasteiger partial charge in [0.1, 0.15) is 29.6 Å². The second-order valence-corrected chi connectivity index (χ2v) is 3.74. The minimum Gasteiger partial charge on any atom is -0.294 e. The summed E-state index contributed by atoms with van der Waals surface area (Å²) in [5.41, 5.74) is 0.798. The average molecular weight is 259 g/mol. The fourth-order valence-corrected chi connectivity index (χ4v) is 1.67. The van der Waals surface area contributed by atoms with Gasteiger partial charge in [0.15, 0.2) is 5.82 Å². The minimum absolute atomic E-state index is 0.205. The Morgan fingerprint density at radius 2 is 1.89 bits per heavy atom. The molecular formula is C11H6FN5O2. The van der Waals surface area contributed by atoms with Crippen LogP contribution in [0.3, 0.4) is 0 Å². The smallest absolute Gasteiger partial charge is 0.294 e. The van der Waals surface area contributed by atoms with Crippen LogP contribution in [0.15, 0.2) is 36.9 Å². The summed E-state index contributed by atoms with van der Waals surface area (Å²) in [6, 6.07) is 2.81. The van der Waals surface area contributed by atoms with Crippen molar-refractivity contribution >= 4 is 11.3 Å². The molecule has 0 saturated carbocycles. The van der Waals surface area contributed by atoms with Crippen molar-refractivity contribution in [2.75, 3.05) is 0 Å². The highest BCUT2D eigenvalue weighted by molar-refractivity contribution is 5.57. The highest BCUT2D eigenvalue weighted by Crippen LogP contribution is 2.18. The molecule has 0 aliphatic carbocycles. The average Bonchev–Trinajstić information content (AvgIpc) is 2.81. The van der Waals surface area contributed by atoms with E-state index in [0.29, 0.717) is 11.3 Å². The highest BCUT2D eigenvalue weighted by Gasteiger charge is 2.12. The van der Waals surface area contributed by atoms with Crippen molar-refractivity contribution in [1.29, 1.82) is 0 Å². The molecule has 19 heavy (non-hydrogen) atoms. The Balaban J connectivity index is 2.13. The lowest BCUT2D eigenvalue weighted by Crippen LogP contribution is -1.96. The summed E-state index contributed by atoms with van der Waals surface area (Å²) in [5.74, 6) is -0.183. The SMILES string of the molecule is O=[N+]([O-])c1cnc(-c2cnc3ccc(F)cn23)nc1. The maximum absolute atomic E-state index is 13.2. The summed E-state index contributed by atoms with van der Waals surface area (Å²) in [4.78, 5) is 21.8. The zero-order valence-corrected chi connectivity index (χ0v) is 9.39. The Hall–Kier alpha value is -2.90. The summed E-state index contributed by atoms with van der Waals surface area (Å²) >= 11 is 0. The van der Waals surface area contributed by atoms with Crippen LogP contribution in [-0.4, -0.2) is 24.3 Å². The van der Waals surface area contributed by atoms with E-state index < -0.39 is 10.7 Å². The van der Waals surface area contributed by atoms with E-state index in [2.05, 4.69) is 15.0 Å². The largest absolute Gasteiger partial charge is 0.305 e. The molecule has 3 aromatic heterocycles. The van der Waals surface area contributed by atoms with Gasteiger partial charge in [-0.2, -0.15) is 0 Å². The van der Waals surface area contributed by atoms with Crippen molar-refractivity contribution in [2.45, 2.75) is 0 Å². The van der Waals surface area contributed by atoms with Crippen molar-refractivity contribution in [2.24, 2.45) is 0 Å². The molecule has 0 aliphatic heterocycles. The van der Waals surface area contributed by atoms with Crippen molar-refractivity contribution in [3.63, 3.8) is 0 Å². The quantitative estimate of drug-likeness (QED) is 0.517. The molecule has 0 aromatic carbocycles. The molecule has 94 valence electrons. The lowest BCUT2D eigenvalue weighted by Gasteiger charge is -2.00. The molecule has 0 atom stereocenters. The number of nitro groups is 1. The Labute approximate surface area is 105 Å². The molecule has 0 aliphatic rings. The van der Waals surface area contributed by atoms with Gasteiger partial charge < -0.3 is 0 Å². The predicted octanol–water partition coefficient (Wildman–Crippen LogP) is 1.84. The number of hydrogen-bond donors (Lipinski definition) is 0. The Morgan fingerprint density at radius 3 is 2.58 bits per heavy atom. The molecule has 0 bridgehead atoms. The van der Waals surface area contributed by atoms with E-state index in [1.165, 1.54) is 28.9 Å². The summed E-state index contributed by atoms with van der Waals surface area (Å²) in [5, 5.41) is 10.5. The van der Waals surface area contributed by atoms with Crippen molar-refractivity contribution in [3.8, 4) is 11.5 Å². The molecule has 0 radical (unpaired) electrons. The Kier molecular flexibility index (Phi) is 2.41.